The summed E-state index contributed by atoms with van der Waals surface area (Å²) in [5.74, 6) is -2.32. The molecule has 1 aliphatic heterocycles. The Morgan fingerprint density at radius 1 is 1.33 bits per heavy atom. The van der Waals surface area contributed by atoms with Gasteiger partial charge in [0.1, 0.15) is 6.54 Å². The van der Waals surface area contributed by atoms with Crippen LogP contribution in [0.2, 0.25) is 0 Å². The molecule has 0 radical (unpaired) electrons. The molecule has 21 heavy (non-hydrogen) atoms. The van der Waals surface area contributed by atoms with Gasteiger partial charge in [0.15, 0.2) is 0 Å². The minimum Gasteiger partial charge on any atom is -0.465 e. The van der Waals surface area contributed by atoms with Gasteiger partial charge in [0.05, 0.1) is 22.8 Å². The Bertz CT molecular complexity index is 725. The van der Waals surface area contributed by atoms with E-state index in [4.69, 9.17) is 0 Å². The topological polar surface area (TPSA) is 119 Å². The largest absolute Gasteiger partial charge is 0.465 e. The highest BCUT2D eigenvalue weighted by Gasteiger charge is 2.29. The zero-order valence-corrected chi connectivity index (χ0v) is 11.8. The number of benzene rings is 1. The molecule has 1 amide bonds. The molecule has 0 aromatic heterocycles. The first-order valence-electron chi connectivity index (χ1n) is 6.00. The maximum Gasteiger partial charge on any atom is 0.321 e. The number of amides is 1. The van der Waals surface area contributed by atoms with Gasteiger partial charge in [0.2, 0.25) is 10.0 Å². The van der Waals surface area contributed by atoms with E-state index in [1.807, 2.05) is 0 Å². The van der Waals surface area contributed by atoms with Crippen molar-refractivity contribution in [2.24, 2.45) is 0 Å². The first-order valence-corrected chi connectivity index (χ1v) is 7.48. The molecule has 1 heterocycles. The van der Waals surface area contributed by atoms with Gasteiger partial charge in [0.25, 0.3) is 11.7 Å². The van der Waals surface area contributed by atoms with Gasteiger partial charge in [-0.05, 0) is 25.1 Å². The number of ether oxygens (including phenoxy) is 1. The van der Waals surface area contributed by atoms with Crippen LogP contribution in [-0.4, -0.2) is 39.2 Å². The Balaban J connectivity index is 2.21. The van der Waals surface area contributed by atoms with Crippen molar-refractivity contribution in [2.45, 2.75) is 11.8 Å². The predicted molar refractivity (Wildman–Crippen MR) is 71.2 cm³/mol. The molecule has 0 spiro atoms. The number of hydrogen-bond donors (Lipinski definition) is 2. The third-order valence-corrected chi connectivity index (χ3v) is 4.11. The standard InChI is InChI=1S/C12H12N2O6S/c1-2-20-10(15)6-13-21(18,19)7-3-4-9-8(5-7)11(16)12(17)14-9/h3-5,13H,2,6H2,1H3,(H,14,16,17). The summed E-state index contributed by atoms with van der Waals surface area (Å²) in [4.78, 5) is 33.7. The molecule has 1 aromatic rings. The zero-order chi connectivity index (χ0) is 15.6. The summed E-state index contributed by atoms with van der Waals surface area (Å²) >= 11 is 0. The van der Waals surface area contributed by atoms with Crippen LogP contribution >= 0.6 is 0 Å². The molecule has 0 saturated heterocycles. The number of Topliss-reactive ketones (excluding diaryl/α,β-unsaturated/α-hetero) is 1. The fraction of sp³-hybridized carbons (Fsp3) is 0.250. The van der Waals surface area contributed by atoms with Crippen LogP contribution in [-0.2, 0) is 24.3 Å². The summed E-state index contributed by atoms with van der Waals surface area (Å²) in [6.07, 6.45) is 0. The van der Waals surface area contributed by atoms with E-state index >= 15 is 0 Å². The van der Waals surface area contributed by atoms with Gasteiger partial charge in [-0.15, -0.1) is 0 Å². The van der Waals surface area contributed by atoms with E-state index in [-0.39, 0.29) is 22.8 Å². The number of rotatable bonds is 5. The van der Waals surface area contributed by atoms with E-state index < -0.39 is 34.2 Å². The quantitative estimate of drug-likeness (QED) is 0.567. The molecule has 0 fully saturated rings. The summed E-state index contributed by atoms with van der Waals surface area (Å²) in [5.41, 5.74) is 0.244. The summed E-state index contributed by atoms with van der Waals surface area (Å²) in [7, 11) is -3.98. The molecule has 1 aliphatic rings. The van der Waals surface area contributed by atoms with Gasteiger partial charge in [-0.1, -0.05) is 0 Å². The van der Waals surface area contributed by atoms with Crippen LogP contribution < -0.4 is 10.0 Å². The van der Waals surface area contributed by atoms with Crippen molar-refractivity contribution in [1.82, 2.24) is 4.72 Å². The lowest BCUT2D eigenvalue weighted by molar-refractivity contribution is -0.141. The van der Waals surface area contributed by atoms with Crippen molar-refractivity contribution in [1.29, 1.82) is 0 Å². The average Bonchev–Trinajstić information content (AvgIpc) is 2.72. The van der Waals surface area contributed by atoms with E-state index in [0.717, 1.165) is 6.07 Å². The molecular weight excluding hydrogens is 300 g/mol. The minimum absolute atomic E-state index is 0.0148. The molecule has 0 saturated carbocycles. The number of anilines is 1. The fourth-order valence-electron chi connectivity index (χ4n) is 1.74. The Morgan fingerprint density at radius 2 is 2.05 bits per heavy atom. The number of esters is 1. The van der Waals surface area contributed by atoms with Gasteiger partial charge in [0, 0.05) is 0 Å². The second kappa shape index (κ2) is 5.62. The van der Waals surface area contributed by atoms with Gasteiger partial charge in [-0.3, -0.25) is 14.4 Å². The van der Waals surface area contributed by atoms with Gasteiger partial charge in [-0.2, -0.15) is 4.72 Å². The van der Waals surface area contributed by atoms with Crippen molar-refractivity contribution >= 4 is 33.4 Å². The SMILES string of the molecule is CCOC(=O)CNS(=O)(=O)c1ccc2c(c1)C(=O)C(=O)N2. The van der Waals surface area contributed by atoms with Crippen LogP contribution in [0.4, 0.5) is 5.69 Å². The summed E-state index contributed by atoms with van der Waals surface area (Å²) in [6, 6.07) is 3.63. The lowest BCUT2D eigenvalue weighted by Gasteiger charge is -2.07. The second-order valence-corrected chi connectivity index (χ2v) is 5.89. The first kappa shape index (κ1) is 15.1. The molecule has 1 aromatic carbocycles. The normalized spacial score (nSPS) is 13.8. The molecule has 0 atom stereocenters. The predicted octanol–water partition coefficient (Wildman–Crippen LogP) is -0.337. The molecule has 0 unspecified atom stereocenters. The van der Waals surface area contributed by atoms with Crippen LogP contribution in [0, 0.1) is 0 Å². The highest BCUT2D eigenvalue weighted by atomic mass is 32.2. The van der Waals surface area contributed by atoms with E-state index in [0.29, 0.717) is 0 Å². The molecular formula is C12H12N2O6S. The molecule has 0 bridgehead atoms. The lowest BCUT2D eigenvalue weighted by Crippen LogP contribution is -2.30. The van der Waals surface area contributed by atoms with Crippen LogP contribution in [0.5, 0.6) is 0 Å². The monoisotopic (exact) mass is 312 g/mol. The Hall–Kier alpha value is -2.26. The van der Waals surface area contributed by atoms with Crippen LogP contribution in [0.3, 0.4) is 0 Å². The molecule has 0 aliphatic carbocycles. The van der Waals surface area contributed by atoms with Crippen molar-refractivity contribution in [3.8, 4) is 0 Å². The van der Waals surface area contributed by atoms with Gasteiger partial charge < -0.3 is 10.1 Å². The molecule has 9 heteroatoms. The Morgan fingerprint density at radius 3 is 2.71 bits per heavy atom. The van der Waals surface area contributed by atoms with Gasteiger partial charge >= 0.3 is 5.97 Å². The molecule has 112 valence electrons. The number of nitrogens with one attached hydrogen (secondary N) is 2. The van der Waals surface area contributed by atoms with Crippen molar-refractivity contribution in [3.05, 3.63) is 23.8 Å². The zero-order valence-electron chi connectivity index (χ0n) is 11.0. The molecule has 2 N–H and O–H groups in total. The van der Waals surface area contributed by atoms with Crippen molar-refractivity contribution in [3.63, 3.8) is 0 Å². The van der Waals surface area contributed by atoms with Crippen molar-refractivity contribution < 1.29 is 27.5 Å². The van der Waals surface area contributed by atoms with E-state index in [9.17, 15) is 22.8 Å². The van der Waals surface area contributed by atoms with Crippen LogP contribution in [0.25, 0.3) is 0 Å². The minimum atomic E-state index is -3.98. The molecule has 2 rings (SSSR count). The third kappa shape index (κ3) is 3.09. The smallest absolute Gasteiger partial charge is 0.321 e. The number of hydrogen-bond acceptors (Lipinski definition) is 6. The van der Waals surface area contributed by atoms with Gasteiger partial charge in [-0.25, -0.2) is 8.42 Å². The highest BCUT2D eigenvalue weighted by Crippen LogP contribution is 2.25. The van der Waals surface area contributed by atoms with Crippen LogP contribution in [0.1, 0.15) is 17.3 Å². The Labute approximate surface area is 120 Å². The number of carbonyl (C=O) groups excluding carboxylic acids is 3. The number of ketones is 1. The van der Waals surface area contributed by atoms with E-state index in [1.165, 1.54) is 12.1 Å². The van der Waals surface area contributed by atoms with Crippen molar-refractivity contribution in [2.75, 3.05) is 18.5 Å². The number of sulfonamides is 1. The summed E-state index contributed by atoms with van der Waals surface area (Å²) in [6.45, 7) is 1.22. The maximum atomic E-state index is 12.0. The highest BCUT2D eigenvalue weighted by molar-refractivity contribution is 7.89. The maximum absolute atomic E-state index is 12.0. The lowest BCUT2D eigenvalue weighted by atomic mass is 10.1. The molecule has 8 nitrogen and oxygen atoms in total. The Kier molecular flexibility index (Phi) is 4.05. The first-order chi connectivity index (χ1) is 9.85. The van der Waals surface area contributed by atoms with E-state index in [1.54, 1.807) is 6.92 Å². The summed E-state index contributed by atoms with van der Waals surface area (Å²) < 4.78 is 30.6. The fourth-order valence-corrected chi connectivity index (χ4v) is 2.73. The summed E-state index contributed by atoms with van der Waals surface area (Å²) in [5, 5.41) is 2.31. The van der Waals surface area contributed by atoms with E-state index in [2.05, 4.69) is 14.8 Å². The average molecular weight is 312 g/mol. The second-order valence-electron chi connectivity index (χ2n) is 4.12. The van der Waals surface area contributed by atoms with Crippen LogP contribution in [0.15, 0.2) is 23.1 Å². The third-order valence-electron chi connectivity index (χ3n) is 2.71. The number of fused-ring (bicyclic) bond motifs is 1. The number of carbonyl (C=O) groups is 3.